The molecule has 0 aliphatic rings. The fraction of sp³-hybridized carbons (Fsp3) is 0.294. The van der Waals surface area contributed by atoms with Crippen molar-refractivity contribution in [3.63, 3.8) is 0 Å². The summed E-state index contributed by atoms with van der Waals surface area (Å²) in [6.07, 6.45) is 1.68. The first kappa shape index (κ1) is 17.6. The van der Waals surface area contributed by atoms with Crippen molar-refractivity contribution in [1.29, 1.82) is 0 Å². The standard InChI is InChI=1S/C17H20Cl2O2S/c1-21-11-15(20)12-22(2,16-7-3-13(18)4-8-16)17-9-5-14(19)6-10-17/h3-10,15,20H,11-12H2,1-2H3. The van der Waals surface area contributed by atoms with Crippen molar-refractivity contribution in [1.82, 2.24) is 0 Å². The SMILES string of the molecule is COCC(O)CS(C)(c1ccc(Cl)cc1)c1ccc(Cl)cc1. The molecule has 1 unspecified atom stereocenters. The van der Waals surface area contributed by atoms with Crippen molar-refractivity contribution in [3.8, 4) is 0 Å². The van der Waals surface area contributed by atoms with E-state index < -0.39 is 16.1 Å². The molecule has 0 saturated carbocycles. The van der Waals surface area contributed by atoms with Crippen LogP contribution in [0.5, 0.6) is 0 Å². The summed E-state index contributed by atoms with van der Waals surface area (Å²) < 4.78 is 5.08. The summed E-state index contributed by atoms with van der Waals surface area (Å²) in [4.78, 5) is 2.35. The normalized spacial score (nSPS) is 13.9. The van der Waals surface area contributed by atoms with Gasteiger partial charge in [-0.2, -0.15) is 10.0 Å². The second-order valence-corrected chi connectivity index (χ2v) is 9.60. The van der Waals surface area contributed by atoms with E-state index in [0.717, 1.165) is 0 Å². The maximum Gasteiger partial charge on any atom is 0.0855 e. The number of hydrogen-bond donors (Lipinski definition) is 1. The van der Waals surface area contributed by atoms with Gasteiger partial charge in [0, 0.05) is 22.9 Å². The van der Waals surface area contributed by atoms with Gasteiger partial charge >= 0.3 is 0 Å². The number of aliphatic hydroxyl groups excluding tert-OH is 1. The molecule has 0 amide bonds. The smallest absolute Gasteiger partial charge is 0.0855 e. The number of methoxy groups -OCH3 is 1. The summed E-state index contributed by atoms with van der Waals surface area (Å²) in [5.74, 6) is 0.629. The zero-order chi connectivity index (χ0) is 16.2. The van der Waals surface area contributed by atoms with Gasteiger partial charge in [-0.05, 0) is 64.6 Å². The number of aliphatic hydroxyl groups is 1. The summed E-state index contributed by atoms with van der Waals surface area (Å²) in [5.41, 5.74) is 0. The third-order valence-electron chi connectivity index (χ3n) is 3.55. The Morgan fingerprint density at radius 3 is 1.73 bits per heavy atom. The molecule has 22 heavy (non-hydrogen) atoms. The number of ether oxygens (including phenoxy) is 1. The molecule has 1 atom stereocenters. The van der Waals surface area contributed by atoms with Crippen molar-refractivity contribution in [2.45, 2.75) is 15.9 Å². The van der Waals surface area contributed by atoms with E-state index >= 15 is 0 Å². The summed E-state index contributed by atoms with van der Waals surface area (Å²) in [5, 5.41) is 11.7. The van der Waals surface area contributed by atoms with E-state index in [9.17, 15) is 5.11 Å². The lowest BCUT2D eigenvalue weighted by Crippen LogP contribution is -2.23. The van der Waals surface area contributed by atoms with E-state index in [1.54, 1.807) is 7.11 Å². The van der Waals surface area contributed by atoms with E-state index in [1.807, 2.05) is 48.5 Å². The van der Waals surface area contributed by atoms with Crippen LogP contribution in [0.3, 0.4) is 0 Å². The van der Waals surface area contributed by atoms with E-state index in [1.165, 1.54) is 9.79 Å². The van der Waals surface area contributed by atoms with Crippen LogP contribution in [0, 0.1) is 0 Å². The second-order valence-electron chi connectivity index (χ2n) is 5.27. The quantitative estimate of drug-likeness (QED) is 0.799. The third-order valence-corrected chi connectivity index (χ3v) is 7.73. The van der Waals surface area contributed by atoms with Gasteiger partial charge in [0.05, 0.1) is 12.7 Å². The van der Waals surface area contributed by atoms with Gasteiger partial charge < -0.3 is 9.84 Å². The minimum atomic E-state index is -1.40. The molecule has 0 bridgehead atoms. The molecule has 0 aliphatic heterocycles. The first-order valence-corrected chi connectivity index (χ1v) is 9.86. The monoisotopic (exact) mass is 358 g/mol. The van der Waals surface area contributed by atoms with Crippen molar-refractivity contribution in [2.24, 2.45) is 0 Å². The van der Waals surface area contributed by atoms with Crippen LogP contribution in [0.15, 0.2) is 58.3 Å². The van der Waals surface area contributed by atoms with Crippen LogP contribution < -0.4 is 0 Å². The number of rotatable bonds is 6. The molecule has 0 saturated heterocycles. The predicted molar refractivity (Wildman–Crippen MR) is 95.7 cm³/mol. The molecular weight excluding hydrogens is 339 g/mol. The molecule has 0 aromatic heterocycles. The molecular formula is C17H20Cl2O2S. The van der Waals surface area contributed by atoms with E-state index in [-0.39, 0.29) is 0 Å². The van der Waals surface area contributed by atoms with Crippen LogP contribution in [0.25, 0.3) is 0 Å². The highest BCUT2D eigenvalue weighted by Crippen LogP contribution is 2.60. The van der Waals surface area contributed by atoms with Crippen LogP contribution >= 0.6 is 33.2 Å². The number of hydrogen-bond acceptors (Lipinski definition) is 2. The second kappa shape index (κ2) is 7.71. The maximum absolute atomic E-state index is 10.3. The van der Waals surface area contributed by atoms with Crippen LogP contribution in [-0.4, -0.2) is 36.9 Å². The van der Waals surface area contributed by atoms with Crippen LogP contribution in [0.2, 0.25) is 10.0 Å². The van der Waals surface area contributed by atoms with Crippen molar-refractivity contribution < 1.29 is 9.84 Å². The van der Waals surface area contributed by atoms with Gasteiger partial charge in [-0.3, -0.25) is 0 Å². The van der Waals surface area contributed by atoms with Gasteiger partial charge in [-0.15, -0.1) is 0 Å². The minimum absolute atomic E-state index is 0.323. The fourth-order valence-corrected chi connectivity index (χ4v) is 5.67. The van der Waals surface area contributed by atoms with Crippen molar-refractivity contribution in [3.05, 3.63) is 58.6 Å². The lowest BCUT2D eigenvalue weighted by atomic mass is 10.4. The largest absolute Gasteiger partial charge is 0.390 e. The molecule has 2 nitrogen and oxygen atoms in total. The number of benzene rings is 2. The molecule has 5 heteroatoms. The van der Waals surface area contributed by atoms with Gasteiger partial charge in [0.1, 0.15) is 0 Å². The highest BCUT2D eigenvalue weighted by molar-refractivity contribution is 8.33. The average molecular weight is 359 g/mol. The van der Waals surface area contributed by atoms with E-state index in [4.69, 9.17) is 27.9 Å². The number of halogens is 2. The van der Waals surface area contributed by atoms with Gasteiger partial charge in [-0.1, -0.05) is 23.2 Å². The Bertz CT molecular complexity index is 554. The molecule has 120 valence electrons. The molecule has 0 spiro atoms. The Hall–Kier alpha value is -0.710. The highest BCUT2D eigenvalue weighted by atomic mass is 35.5. The topological polar surface area (TPSA) is 29.5 Å². The van der Waals surface area contributed by atoms with E-state index in [2.05, 4.69) is 6.26 Å². The third kappa shape index (κ3) is 4.18. The minimum Gasteiger partial charge on any atom is -0.390 e. The Morgan fingerprint density at radius 1 is 0.955 bits per heavy atom. The van der Waals surface area contributed by atoms with Crippen molar-refractivity contribution >= 4 is 33.2 Å². The molecule has 2 aromatic carbocycles. The Balaban J connectivity index is 2.43. The Morgan fingerprint density at radius 2 is 1.36 bits per heavy atom. The summed E-state index contributed by atoms with van der Waals surface area (Å²) >= 11 is 12.0. The molecule has 1 N–H and O–H groups in total. The van der Waals surface area contributed by atoms with Crippen LogP contribution in [-0.2, 0) is 4.74 Å². The lowest BCUT2D eigenvalue weighted by Gasteiger charge is -2.38. The summed E-state index contributed by atoms with van der Waals surface area (Å²) in [6.45, 7) is 0.323. The first-order chi connectivity index (χ1) is 10.5. The van der Waals surface area contributed by atoms with E-state index in [0.29, 0.717) is 22.4 Å². The van der Waals surface area contributed by atoms with Crippen LogP contribution in [0.4, 0.5) is 0 Å². The van der Waals surface area contributed by atoms with Crippen molar-refractivity contribution in [2.75, 3.05) is 25.7 Å². The molecule has 0 radical (unpaired) electrons. The van der Waals surface area contributed by atoms with Gasteiger partial charge in [0.25, 0.3) is 0 Å². The highest BCUT2D eigenvalue weighted by Gasteiger charge is 2.26. The Kier molecular flexibility index (Phi) is 6.18. The molecule has 2 aromatic rings. The first-order valence-electron chi connectivity index (χ1n) is 6.90. The maximum atomic E-state index is 10.3. The summed E-state index contributed by atoms with van der Waals surface area (Å²) in [7, 11) is 0.199. The Labute approximate surface area is 143 Å². The van der Waals surface area contributed by atoms with Gasteiger partial charge in [-0.25, -0.2) is 0 Å². The molecule has 0 fully saturated rings. The lowest BCUT2D eigenvalue weighted by molar-refractivity contribution is 0.0789. The van der Waals surface area contributed by atoms with Gasteiger partial charge in [0.2, 0.25) is 0 Å². The molecule has 0 heterocycles. The predicted octanol–water partition coefficient (Wildman–Crippen LogP) is 4.85. The zero-order valence-corrected chi connectivity index (χ0v) is 15.0. The average Bonchev–Trinajstić information content (AvgIpc) is 2.48. The summed E-state index contributed by atoms with van der Waals surface area (Å²) in [6, 6.07) is 15.7. The molecule has 0 aliphatic carbocycles. The van der Waals surface area contributed by atoms with Gasteiger partial charge in [0.15, 0.2) is 0 Å². The van der Waals surface area contributed by atoms with Crippen LogP contribution in [0.1, 0.15) is 0 Å². The fourth-order valence-electron chi connectivity index (χ4n) is 2.42. The molecule has 2 rings (SSSR count). The zero-order valence-electron chi connectivity index (χ0n) is 12.6.